The maximum atomic E-state index is 13.3. The zero-order chi connectivity index (χ0) is 18.5. The van der Waals surface area contributed by atoms with E-state index in [1.807, 2.05) is 19.9 Å². The Morgan fingerprint density at radius 1 is 0.962 bits per heavy atom. The van der Waals surface area contributed by atoms with E-state index < -0.39 is 11.7 Å². The van der Waals surface area contributed by atoms with Gasteiger partial charge < -0.3 is 4.90 Å². The lowest BCUT2D eigenvalue weighted by molar-refractivity contribution is -0.138. The summed E-state index contributed by atoms with van der Waals surface area (Å²) in [6, 6.07) is 8.00. The molecule has 3 atom stereocenters. The summed E-state index contributed by atoms with van der Waals surface area (Å²) in [5.41, 5.74) is 1.88. The van der Waals surface area contributed by atoms with Gasteiger partial charge in [0.05, 0.1) is 5.56 Å². The van der Waals surface area contributed by atoms with Crippen LogP contribution in [0.25, 0.3) is 0 Å². The summed E-state index contributed by atoms with van der Waals surface area (Å²) in [5.74, 6) is 1.56. The van der Waals surface area contributed by atoms with E-state index in [0.29, 0.717) is 17.4 Å². The SMILES string of the molecule is Cc1cc(C)nc(N2C[C@H]3CC(c4ccccc4C(F)(F)F)C[C@H]3C2)n1. The van der Waals surface area contributed by atoms with Crippen LogP contribution in [0.3, 0.4) is 0 Å². The van der Waals surface area contributed by atoms with Gasteiger partial charge in [-0.15, -0.1) is 0 Å². The number of hydrogen-bond donors (Lipinski definition) is 0. The van der Waals surface area contributed by atoms with Crippen LogP contribution < -0.4 is 4.90 Å². The van der Waals surface area contributed by atoms with Gasteiger partial charge >= 0.3 is 6.18 Å². The van der Waals surface area contributed by atoms with Gasteiger partial charge in [-0.05, 0) is 62.1 Å². The first-order valence-electron chi connectivity index (χ1n) is 9.04. The number of aryl methyl sites for hydroxylation is 2. The molecule has 1 saturated carbocycles. The summed E-state index contributed by atoms with van der Waals surface area (Å²) in [6.45, 7) is 5.58. The van der Waals surface area contributed by atoms with Gasteiger partial charge in [-0.3, -0.25) is 0 Å². The molecule has 1 unspecified atom stereocenters. The Morgan fingerprint density at radius 2 is 1.54 bits per heavy atom. The predicted octanol–water partition coefficient (Wildman–Crippen LogP) is 4.74. The number of halogens is 3. The van der Waals surface area contributed by atoms with Gasteiger partial charge in [0.15, 0.2) is 0 Å². The average Bonchev–Trinajstić information content (AvgIpc) is 3.12. The van der Waals surface area contributed by atoms with Gasteiger partial charge in [-0.1, -0.05) is 18.2 Å². The third kappa shape index (κ3) is 3.17. The molecule has 4 rings (SSSR count). The van der Waals surface area contributed by atoms with Crippen molar-refractivity contribution in [3.05, 3.63) is 52.8 Å². The third-order valence-electron chi connectivity index (χ3n) is 5.71. The highest BCUT2D eigenvalue weighted by molar-refractivity contribution is 5.37. The van der Waals surface area contributed by atoms with E-state index in [4.69, 9.17) is 0 Å². The molecule has 0 spiro atoms. The Morgan fingerprint density at radius 3 is 2.12 bits per heavy atom. The van der Waals surface area contributed by atoms with Crippen molar-refractivity contribution in [2.45, 2.75) is 38.8 Å². The lowest BCUT2D eigenvalue weighted by atomic mass is 9.91. The van der Waals surface area contributed by atoms with Crippen molar-refractivity contribution < 1.29 is 13.2 Å². The highest BCUT2D eigenvalue weighted by Crippen LogP contribution is 2.49. The van der Waals surface area contributed by atoms with E-state index in [9.17, 15) is 13.2 Å². The molecule has 1 aromatic carbocycles. The highest BCUT2D eigenvalue weighted by Gasteiger charge is 2.44. The maximum Gasteiger partial charge on any atom is 0.416 e. The smallest absolute Gasteiger partial charge is 0.340 e. The fourth-order valence-electron chi connectivity index (χ4n) is 4.68. The van der Waals surface area contributed by atoms with Crippen LogP contribution in [0.15, 0.2) is 30.3 Å². The van der Waals surface area contributed by atoms with Gasteiger partial charge in [-0.25, -0.2) is 9.97 Å². The number of hydrogen-bond acceptors (Lipinski definition) is 3. The van der Waals surface area contributed by atoms with Crippen molar-refractivity contribution in [3.63, 3.8) is 0 Å². The Kier molecular flexibility index (Phi) is 4.16. The van der Waals surface area contributed by atoms with Gasteiger partial charge in [0.25, 0.3) is 0 Å². The molecule has 2 heterocycles. The molecule has 6 heteroatoms. The molecule has 1 aliphatic carbocycles. The standard InChI is InChI=1S/C20H22F3N3/c1-12-7-13(2)25-19(24-12)26-10-15-8-14(9-16(15)11-26)17-5-3-4-6-18(17)20(21,22)23/h3-7,14-16H,8-11H2,1-2H3/t14?,15-,16+. The molecule has 0 radical (unpaired) electrons. The molecule has 1 saturated heterocycles. The van der Waals surface area contributed by atoms with Crippen LogP contribution in [-0.4, -0.2) is 23.1 Å². The summed E-state index contributed by atoms with van der Waals surface area (Å²) in [4.78, 5) is 11.3. The minimum absolute atomic E-state index is 0.00913. The Balaban J connectivity index is 1.51. The molecule has 1 aliphatic heterocycles. The first kappa shape index (κ1) is 17.3. The van der Waals surface area contributed by atoms with Crippen LogP contribution in [0.1, 0.15) is 41.3 Å². The van der Waals surface area contributed by atoms with E-state index in [0.717, 1.165) is 43.3 Å². The van der Waals surface area contributed by atoms with Crippen LogP contribution in [0.2, 0.25) is 0 Å². The first-order valence-corrected chi connectivity index (χ1v) is 9.04. The molecule has 3 nitrogen and oxygen atoms in total. The Hall–Kier alpha value is -2.11. The molecule has 0 bridgehead atoms. The zero-order valence-electron chi connectivity index (χ0n) is 14.9. The second-order valence-corrected chi connectivity index (χ2v) is 7.63. The van der Waals surface area contributed by atoms with E-state index in [1.165, 1.54) is 12.1 Å². The predicted molar refractivity (Wildman–Crippen MR) is 94.1 cm³/mol. The summed E-state index contributed by atoms with van der Waals surface area (Å²) in [5, 5.41) is 0. The van der Waals surface area contributed by atoms with Crippen molar-refractivity contribution in [3.8, 4) is 0 Å². The van der Waals surface area contributed by atoms with Gasteiger partial charge in [0.1, 0.15) is 0 Å². The summed E-state index contributed by atoms with van der Waals surface area (Å²) in [7, 11) is 0. The Bertz CT molecular complexity index is 784. The second-order valence-electron chi connectivity index (χ2n) is 7.63. The highest BCUT2D eigenvalue weighted by atomic mass is 19.4. The molecular weight excluding hydrogens is 339 g/mol. The lowest BCUT2D eigenvalue weighted by Crippen LogP contribution is -2.24. The van der Waals surface area contributed by atoms with Crippen molar-refractivity contribution in [1.82, 2.24) is 9.97 Å². The maximum absolute atomic E-state index is 13.3. The van der Waals surface area contributed by atoms with Crippen LogP contribution in [-0.2, 0) is 6.18 Å². The zero-order valence-corrected chi connectivity index (χ0v) is 14.9. The third-order valence-corrected chi connectivity index (χ3v) is 5.71. The molecule has 26 heavy (non-hydrogen) atoms. The minimum atomic E-state index is -4.28. The molecule has 138 valence electrons. The van der Waals surface area contributed by atoms with E-state index >= 15 is 0 Å². The van der Waals surface area contributed by atoms with Crippen molar-refractivity contribution in [2.24, 2.45) is 11.8 Å². The molecule has 1 aromatic heterocycles. The number of anilines is 1. The number of fused-ring (bicyclic) bond motifs is 1. The lowest BCUT2D eigenvalue weighted by Gasteiger charge is -2.22. The second kappa shape index (κ2) is 6.25. The topological polar surface area (TPSA) is 29.0 Å². The van der Waals surface area contributed by atoms with Gasteiger partial charge in [0.2, 0.25) is 5.95 Å². The molecule has 0 amide bonds. The van der Waals surface area contributed by atoms with Crippen molar-refractivity contribution in [1.29, 1.82) is 0 Å². The number of alkyl halides is 3. The molecule has 0 N–H and O–H groups in total. The van der Waals surface area contributed by atoms with Crippen molar-refractivity contribution >= 4 is 5.95 Å². The summed E-state index contributed by atoms with van der Waals surface area (Å²) >= 11 is 0. The first-order chi connectivity index (χ1) is 12.3. The van der Waals surface area contributed by atoms with Gasteiger partial charge in [-0.2, -0.15) is 13.2 Å². The molecule has 2 aromatic rings. The largest absolute Gasteiger partial charge is 0.416 e. The van der Waals surface area contributed by atoms with Crippen LogP contribution in [0, 0.1) is 25.7 Å². The number of aromatic nitrogens is 2. The van der Waals surface area contributed by atoms with Gasteiger partial charge in [0, 0.05) is 24.5 Å². The van der Waals surface area contributed by atoms with Crippen LogP contribution in [0.4, 0.5) is 19.1 Å². The quantitative estimate of drug-likeness (QED) is 0.773. The van der Waals surface area contributed by atoms with Crippen LogP contribution >= 0.6 is 0 Å². The monoisotopic (exact) mass is 361 g/mol. The van der Waals surface area contributed by atoms with E-state index in [1.54, 1.807) is 12.1 Å². The van der Waals surface area contributed by atoms with E-state index in [2.05, 4.69) is 14.9 Å². The number of rotatable bonds is 2. The normalized spacial score (nSPS) is 25.6. The van der Waals surface area contributed by atoms with E-state index in [-0.39, 0.29) is 5.92 Å². The van der Waals surface area contributed by atoms with Crippen LogP contribution in [0.5, 0.6) is 0 Å². The summed E-state index contributed by atoms with van der Waals surface area (Å²) in [6.07, 6.45) is -2.68. The average molecular weight is 361 g/mol. The number of benzene rings is 1. The molecule has 2 fully saturated rings. The van der Waals surface area contributed by atoms with Crippen molar-refractivity contribution in [2.75, 3.05) is 18.0 Å². The molecular formula is C20H22F3N3. The summed E-state index contributed by atoms with van der Waals surface area (Å²) < 4.78 is 40.0. The fraction of sp³-hybridized carbons (Fsp3) is 0.500. The fourth-order valence-corrected chi connectivity index (χ4v) is 4.68. The molecule has 2 aliphatic rings. The number of nitrogens with zero attached hydrogens (tertiary/aromatic N) is 3. The minimum Gasteiger partial charge on any atom is -0.340 e. The Labute approximate surface area is 151 Å².